The van der Waals surface area contributed by atoms with Crippen molar-refractivity contribution in [2.45, 2.75) is 18.5 Å². The first-order valence-corrected chi connectivity index (χ1v) is 6.47. The van der Waals surface area contributed by atoms with Crippen LogP contribution in [-0.2, 0) is 10.6 Å². The number of nitro groups is 1. The molecule has 0 heterocycles. The molecule has 1 aromatic carbocycles. The molecule has 0 atom stereocenters. The van der Waals surface area contributed by atoms with Crippen LogP contribution in [0.3, 0.4) is 0 Å². The molecule has 0 aliphatic rings. The van der Waals surface area contributed by atoms with Gasteiger partial charge in [-0.3, -0.25) is 10.1 Å². The predicted octanol–water partition coefficient (Wildman–Crippen LogP) is 3.68. The summed E-state index contributed by atoms with van der Waals surface area (Å²) in [6.45, 7) is -1.45. The maximum Gasteiger partial charge on any atom is 0.411 e. The molecule has 0 bridgehead atoms. The van der Waals surface area contributed by atoms with Gasteiger partial charge in [0.25, 0.3) is 0 Å². The summed E-state index contributed by atoms with van der Waals surface area (Å²) in [5.74, 6) is 0.177. The fourth-order valence-electron chi connectivity index (χ4n) is 1.44. The van der Waals surface area contributed by atoms with E-state index in [0.29, 0.717) is 5.56 Å². The molecule has 0 aliphatic heterocycles. The highest BCUT2D eigenvalue weighted by atomic mass is 35.5. The van der Waals surface area contributed by atoms with Crippen LogP contribution in [0.5, 0.6) is 5.75 Å². The molecule has 0 amide bonds. The minimum Gasteiger partial charge on any atom is -0.487 e. The molecule has 1 rings (SSSR count). The molecular weight excluding hydrogens is 315 g/mol. The molecule has 5 nitrogen and oxygen atoms in total. The zero-order valence-electron chi connectivity index (χ0n) is 10.9. The molecule has 0 fully saturated rings. The van der Waals surface area contributed by atoms with Gasteiger partial charge < -0.3 is 9.47 Å². The van der Waals surface area contributed by atoms with Gasteiger partial charge in [0.1, 0.15) is 6.61 Å². The maximum atomic E-state index is 11.8. The van der Waals surface area contributed by atoms with E-state index >= 15 is 0 Å². The van der Waals surface area contributed by atoms with Gasteiger partial charge in [0, 0.05) is 18.4 Å². The number of hydrogen-bond donors (Lipinski definition) is 0. The van der Waals surface area contributed by atoms with E-state index in [1.54, 1.807) is 6.07 Å². The van der Waals surface area contributed by atoms with Crippen LogP contribution >= 0.6 is 11.6 Å². The fraction of sp³-hybridized carbons (Fsp3) is 0.500. The highest BCUT2D eigenvalue weighted by Gasteiger charge is 2.27. The number of ether oxygens (including phenoxy) is 2. The summed E-state index contributed by atoms with van der Waals surface area (Å²) in [5, 5.41) is 10.9. The number of rotatable bonds is 8. The lowest BCUT2D eigenvalue weighted by atomic mass is 10.2. The highest BCUT2D eigenvalue weighted by Crippen LogP contribution is 2.28. The van der Waals surface area contributed by atoms with Gasteiger partial charge in [-0.15, -0.1) is 11.6 Å². The molecule has 0 unspecified atom stereocenters. The number of hydrogen-bond acceptors (Lipinski definition) is 4. The maximum absolute atomic E-state index is 11.8. The first-order chi connectivity index (χ1) is 9.83. The average Bonchev–Trinajstić information content (AvgIpc) is 2.41. The van der Waals surface area contributed by atoms with Crippen LogP contribution in [0.15, 0.2) is 18.2 Å². The topological polar surface area (TPSA) is 61.6 Å². The summed E-state index contributed by atoms with van der Waals surface area (Å²) < 4.78 is 45.0. The minimum absolute atomic E-state index is 0.0128. The van der Waals surface area contributed by atoms with E-state index in [9.17, 15) is 23.3 Å². The van der Waals surface area contributed by atoms with E-state index in [1.807, 2.05) is 0 Å². The lowest BCUT2D eigenvalue weighted by molar-refractivity contribution is -0.385. The Morgan fingerprint density at radius 3 is 2.57 bits per heavy atom. The Morgan fingerprint density at radius 1 is 1.29 bits per heavy atom. The Bertz CT molecular complexity index is 482. The molecule has 1 aromatic rings. The average molecular weight is 328 g/mol. The second kappa shape index (κ2) is 8.04. The van der Waals surface area contributed by atoms with Gasteiger partial charge in [-0.1, -0.05) is 6.07 Å². The molecule has 0 spiro atoms. The molecule has 0 aliphatic carbocycles. The molecular formula is C12H13ClF3NO4. The van der Waals surface area contributed by atoms with Crippen LogP contribution < -0.4 is 4.74 Å². The summed E-state index contributed by atoms with van der Waals surface area (Å²) in [6.07, 6.45) is -4.18. The zero-order valence-corrected chi connectivity index (χ0v) is 11.6. The predicted molar refractivity (Wildman–Crippen MR) is 69.6 cm³/mol. The van der Waals surface area contributed by atoms with Crippen LogP contribution in [0.2, 0.25) is 0 Å². The SMILES string of the molecule is O=[N+]([O-])c1cc(CCl)ccc1OCCCOCC(F)(F)F. The van der Waals surface area contributed by atoms with Gasteiger partial charge in [0.15, 0.2) is 5.75 Å². The summed E-state index contributed by atoms with van der Waals surface area (Å²) in [6, 6.07) is 4.28. The van der Waals surface area contributed by atoms with Crippen molar-refractivity contribution in [1.82, 2.24) is 0 Å². The zero-order chi connectivity index (χ0) is 15.9. The molecule has 0 saturated carbocycles. The lowest BCUT2D eigenvalue weighted by Gasteiger charge is -2.09. The van der Waals surface area contributed by atoms with E-state index in [4.69, 9.17) is 16.3 Å². The monoisotopic (exact) mass is 327 g/mol. The van der Waals surface area contributed by atoms with Crippen LogP contribution in [-0.4, -0.2) is 30.9 Å². The fourth-order valence-corrected chi connectivity index (χ4v) is 1.61. The summed E-state index contributed by atoms with van der Waals surface area (Å²) in [7, 11) is 0. The van der Waals surface area contributed by atoms with Gasteiger partial charge in [-0.05, 0) is 11.6 Å². The normalized spacial score (nSPS) is 11.4. The number of benzene rings is 1. The molecule has 21 heavy (non-hydrogen) atoms. The lowest BCUT2D eigenvalue weighted by Crippen LogP contribution is -2.18. The number of alkyl halides is 4. The van der Waals surface area contributed by atoms with Crippen molar-refractivity contribution in [1.29, 1.82) is 0 Å². The van der Waals surface area contributed by atoms with E-state index in [-0.39, 0.29) is 37.0 Å². The second-order valence-electron chi connectivity index (χ2n) is 4.06. The highest BCUT2D eigenvalue weighted by molar-refractivity contribution is 6.17. The summed E-state index contributed by atoms with van der Waals surface area (Å²) in [4.78, 5) is 10.3. The van der Waals surface area contributed by atoms with Crippen LogP contribution in [0, 0.1) is 10.1 Å². The van der Waals surface area contributed by atoms with Crippen molar-refractivity contribution in [2.24, 2.45) is 0 Å². The number of nitro benzene ring substituents is 1. The quantitative estimate of drug-likeness (QED) is 0.316. The van der Waals surface area contributed by atoms with E-state index in [0.717, 1.165) is 0 Å². The van der Waals surface area contributed by atoms with E-state index in [1.165, 1.54) is 12.1 Å². The third-order valence-corrected chi connectivity index (χ3v) is 2.64. The smallest absolute Gasteiger partial charge is 0.411 e. The molecule has 0 N–H and O–H groups in total. The largest absolute Gasteiger partial charge is 0.487 e. The first-order valence-electron chi connectivity index (χ1n) is 5.94. The standard InChI is InChI=1S/C12H13ClF3NO4/c13-7-9-2-3-11(10(6-9)17(18)19)21-5-1-4-20-8-12(14,15)16/h2-3,6H,1,4-5,7-8H2. The van der Waals surface area contributed by atoms with Gasteiger partial charge >= 0.3 is 11.9 Å². The first kappa shape index (κ1) is 17.5. The van der Waals surface area contributed by atoms with Crippen molar-refractivity contribution in [2.75, 3.05) is 19.8 Å². The molecule has 0 saturated heterocycles. The summed E-state index contributed by atoms with van der Waals surface area (Å²) >= 11 is 5.58. The van der Waals surface area contributed by atoms with E-state index in [2.05, 4.69) is 4.74 Å². The van der Waals surface area contributed by atoms with Crippen LogP contribution in [0.25, 0.3) is 0 Å². The van der Waals surface area contributed by atoms with E-state index < -0.39 is 17.7 Å². The van der Waals surface area contributed by atoms with Gasteiger partial charge in [0.05, 0.1) is 18.1 Å². The molecule has 0 radical (unpaired) electrons. The van der Waals surface area contributed by atoms with Crippen molar-refractivity contribution < 1.29 is 27.6 Å². The Balaban J connectivity index is 2.43. The van der Waals surface area contributed by atoms with Gasteiger partial charge in [0.2, 0.25) is 0 Å². The third-order valence-electron chi connectivity index (χ3n) is 2.33. The Hall–Kier alpha value is -1.54. The minimum atomic E-state index is -4.36. The van der Waals surface area contributed by atoms with Crippen molar-refractivity contribution in [3.63, 3.8) is 0 Å². The molecule has 0 aromatic heterocycles. The Kier molecular flexibility index (Phi) is 6.70. The second-order valence-corrected chi connectivity index (χ2v) is 4.33. The molecule has 118 valence electrons. The van der Waals surface area contributed by atoms with Gasteiger partial charge in [-0.25, -0.2) is 0 Å². The van der Waals surface area contributed by atoms with Crippen molar-refractivity contribution in [3.8, 4) is 5.75 Å². The van der Waals surface area contributed by atoms with Crippen molar-refractivity contribution >= 4 is 17.3 Å². The molecule has 9 heteroatoms. The van der Waals surface area contributed by atoms with Crippen LogP contribution in [0.1, 0.15) is 12.0 Å². The number of nitrogens with zero attached hydrogens (tertiary/aromatic N) is 1. The van der Waals surface area contributed by atoms with Gasteiger partial charge in [-0.2, -0.15) is 13.2 Å². The Labute approximate surface area is 123 Å². The third kappa shape index (κ3) is 6.63. The number of halogens is 4. The summed E-state index contributed by atoms with van der Waals surface area (Å²) in [5.41, 5.74) is 0.341. The Morgan fingerprint density at radius 2 is 2.00 bits per heavy atom. The van der Waals surface area contributed by atoms with Crippen LogP contribution in [0.4, 0.5) is 18.9 Å². The van der Waals surface area contributed by atoms with Crippen molar-refractivity contribution in [3.05, 3.63) is 33.9 Å².